The lowest BCUT2D eigenvalue weighted by atomic mass is 9.89. The number of carbonyl (C=O) groups excluding carboxylic acids is 2. The number of anilines is 1. The summed E-state index contributed by atoms with van der Waals surface area (Å²) in [4.78, 5) is 26.7. The van der Waals surface area contributed by atoms with Crippen LogP contribution in [0.4, 0.5) is 5.69 Å². The minimum Gasteiger partial charge on any atom is -0.312 e. The van der Waals surface area contributed by atoms with Crippen molar-refractivity contribution in [3.63, 3.8) is 0 Å². The molecule has 1 aromatic carbocycles. The second-order valence-corrected chi connectivity index (χ2v) is 9.77. The molecule has 0 unspecified atom stereocenters. The van der Waals surface area contributed by atoms with Crippen molar-refractivity contribution in [1.82, 2.24) is 14.8 Å². The zero-order valence-electron chi connectivity index (χ0n) is 18.3. The standard InChI is InChI=1S/C24H30N4O2S/c1-4-13-28-23(18-8-6-5-7-9-18)25-26-24(28)31-16(2)22(30)20-10-11-21-19(15-20)12-14-27(21)17(3)29/h4,10-11,15-16,18H,1,5-9,12-14H2,2-3H3/t16-/m0/s1. The molecule has 0 spiro atoms. The van der Waals surface area contributed by atoms with Gasteiger partial charge in [0.05, 0.1) is 5.25 Å². The van der Waals surface area contributed by atoms with Crippen LogP contribution in [0.2, 0.25) is 0 Å². The van der Waals surface area contributed by atoms with Crippen molar-refractivity contribution in [3.8, 4) is 0 Å². The fraction of sp³-hybridized carbons (Fsp3) is 0.500. The number of carbonyl (C=O) groups is 2. The predicted molar refractivity (Wildman–Crippen MR) is 124 cm³/mol. The summed E-state index contributed by atoms with van der Waals surface area (Å²) in [6.07, 6.45) is 8.74. The van der Waals surface area contributed by atoms with E-state index in [0.717, 1.165) is 41.5 Å². The van der Waals surface area contributed by atoms with E-state index in [1.54, 1.807) is 11.8 Å². The van der Waals surface area contributed by atoms with Gasteiger partial charge in [-0.25, -0.2) is 0 Å². The van der Waals surface area contributed by atoms with Crippen molar-refractivity contribution in [3.05, 3.63) is 47.8 Å². The molecule has 0 radical (unpaired) electrons. The second-order valence-electron chi connectivity index (χ2n) is 8.46. The van der Waals surface area contributed by atoms with Crippen molar-refractivity contribution >= 4 is 29.1 Å². The molecule has 2 aromatic rings. The largest absolute Gasteiger partial charge is 0.312 e. The van der Waals surface area contributed by atoms with Gasteiger partial charge < -0.3 is 9.47 Å². The summed E-state index contributed by atoms with van der Waals surface area (Å²) >= 11 is 1.46. The molecule has 164 valence electrons. The molecule has 6 nitrogen and oxygen atoms in total. The first kappa shape index (κ1) is 21.8. The predicted octanol–water partition coefficient (Wildman–Crippen LogP) is 4.78. The van der Waals surface area contributed by atoms with Gasteiger partial charge in [0.15, 0.2) is 10.9 Å². The Labute approximate surface area is 188 Å². The highest BCUT2D eigenvalue weighted by atomic mass is 32.2. The average Bonchev–Trinajstić information content (AvgIpc) is 3.38. The molecule has 1 aliphatic carbocycles. The van der Waals surface area contributed by atoms with Crippen molar-refractivity contribution in [2.45, 2.75) is 75.2 Å². The minimum atomic E-state index is -0.282. The summed E-state index contributed by atoms with van der Waals surface area (Å²) in [5, 5.41) is 9.46. The molecule has 1 aromatic heterocycles. The quantitative estimate of drug-likeness (QED) is 0.353. The Morgan fingerprint density at radius 2 is 2.03 bits per heavy atom. The third-order valence-corrected chi connectivity index (χ3v) is 7.40. The van der Waals surface area contributed by atoms with E-state index < -0.39 is 0 Å². The fourth-order valence-electron chi connectivity index (χ4n) is 4.68. The maximum atomic E-state index is 13.2. The first-order valence-electron chi connectivity index (χ1n) is 11.2. The number of hydrogen-bond acceptors (Lipinski definition) is 5. The zero-order chi connectivity index (χ0) is 22.0. The summed E-state index contributed by atoms with van der Waals surface area (Å²) in [6.45, 7) is 8.74. The summed E-state index contributed by atoms with van der Waals surface area (Å²) in [6, 6.07) is 5.68. The smallest absolute Gasteiger partial charge is 0.223 e. The molecule has 4 rings (SSSR count). The summed E-state index contributed by atoms with van der Waals surface area (Å²) in [5.74, 6) is 1.59. The molecule has 1 atom stereocenters. The fourth-order valence-corrected chi connectivity index (χ4v) is 5.62. The number of ketones is 1. The Balaban J connectivity index is 1.51. The first-order valence-corrected chi connectivity index (χ1v) is 12.0. The topological polar surface area (TPSA) is 68.1 Å². The highest BCUT2D eigenvalue weighted by molar-refractivity contribution is 8.00. The molecule has 1 aliphatic heterocycles. The maximum Gasteiger partial charge on any atom is 0.223 e. The van der Waals surface area contributed by atoms with Crippen LogP contribution >= 0.6 is 11.8 Å². The van der Waals surface area contributed by atoms with Crippen LogP contribution in [-0.4, -0.2) is 38.2 Å². The summed E-state index contributed by atoms with van der Waals surface area (Å²) < 4.78 is 2.13. The van der Waals surface area contributed by atoms with Crippen molar-refractivity contribution in [1.29, 1.82) is 0 Å². The Morgan fingerprint density at radius 3 is 2.74 bits per heavy atom. The van der Waals surface area contributed by atoms with Gasteiger partial charge in [-0.1, -0.05) is 37.1 Å². The molecule has 1 saturated carbocycles. The van der Waals surface area contributed by atoms with E-state index in [1.165, 1.54) is 31.0 Å². The third kappa shape index (κ3) is 4.47. The zero-order valence-corrected chi connectivity index (χ0v) is 19.2. The lowest BCUT2D eigenvalue weighted by Crippen LogP contribution is -2.25. The SMILES string of the molecule is C=CCn1c(S[C@@H](C)C(=O)c2ccc3c(c2)CCN3C(C)=O)nnc1C1CCCCC1. The van der Waals surface area contributed by atoms with Crippen LogP contribution in [0.25, 0.3) is 0 Å². The van der Waals surface area contributed by atoms with Crippen LogP contribution in [0.3, 0.4) is 0 Å². The van der Waals surface area contributed by atoms with E-state index >= 15 is 0 Å². The monoisotopic (exact) mass is 438 g/mol. The number of Topliss-reactive ketones (excluding diaryl/α,β-unsaturated/α-hetero) is 1. The summed E-state index contributed by atoms with van der Waals surface area (Å²) in [7, 11) is 0. The number of aromatic nitrogens is 3. The number of allylic oxidation sites excluding steroid dienone is 1. The van der Waals surface area contributed by atoms with Crippen molar-refractivity contribution < 1.29 is 9.59 Å². The van der Waals surface area contributed by atoms with Crippen LogP contribution in [0.1, 0.15) is 73.6 Å². The molecule has 1 fully saturated rings. The number of amides is 1. The van der Waals surface area contributed by atoms with Crippen LogP contribution in [0, 0.1) is 0 Å². The van der Waals surface area contributed by atoms with Gasteiger partial charge in [-0.15, -0.1) is 16.8 Å². The molecular weight excluding hydrogens is 408 g/mol. The van der Waals surface area contributed by atoms with Crippen LogP contribution in [0.5, 0.6) is 0 Å². The van der Waals surface area contributed by atoms with Crippen molar-refractivity contribution in [2.24, 2.45) is 0 Å². The van der Waals surface area contributed by atoms with Gasteiger partial charge in [-0.3, -0.25) is 9.59 Å². The van der Waals surface area contributed by atoms with Gasteiger partial charge in [0.25, 0.3) is 0 Å². The van der Waals surface area contributed by atoms with Crippen molar-refractivity contribution in [2.75, 3.05) is 11.4 Å². The molecule has 7 heteroatoms. The van der Waals surface area contributed by atoms with Crippen LogP contribution < -0.4 is 4.90 Å². The minimum absolute atomic E-state index is 0.0390. The lowest BCUT2D eigenvalue weighted by molar-refractivity contribution is -0.116. The highest BCUT2D eigenvalue weighted by Gasteiger charge is 2.27. The van der Waals surface area contributed by atoms with E-state index in [4.69, 9.17) is 0 Å². The Hall–Kier alpha value is -2.41. The Bertz CT molecular complexity index is 993. The van der Waals surface area contributed by atoms with Crippen LogP contribution in [0.15, 0.2) is 36.0 Å². The molecule has 0 saturated heterocycles. The van der Waals surface area contributed by atoms with Gasteiger partial charge in [-0.05, 0) is 49.9 Å². The van der Waals surface area contributed by atoms with E-state index in [2.05, 4.69) is 21.3 Å². The number of fused-ring (bicyclic) bond motifs is 1. The molecule has 0 bridgehead atoms. The first-order chi connectivity index (χ1) is 15.0. The Kier molecular flexibility index (Phi) is 6.60. The Morgan fingerprint density at radius 1 is 1.26 bits per heavy atom. The highest BCUT2D eigenvalue weighted by Crippen LogP contribution is 2.35. The molecule has 2 aliphatic rings. The van der Waals surface area contributed by atoms with Gasteiger partial charge >= 0.3 is 0 Å². The normalized spacial score (nSPS) is 17.4. The molecule has 0 N–H and O–H groups in total. The average molecular weight is 439 g/mol. The molecular formula is C24H30N4O2S. The van der Waals surface area contributed by atoms with Gasteiger partial charge in [0.2, 0.25) is 5.91 Å². The van der Waals surface area contributed by atoms with E-state index in [0.29, 0.717) is 24.6 Å². The number of hydrogen-bond donors (Lipinski definition) is 0. The summed E-state index contributed by atoms with van der Waals surface area (Å²) in [5.41, 5.74) is 2.67. The number of thioether (sulfide) groups is 1. The van der Waals surface area contributed by atoms with E-state index in [-0.39, 0.29) is 16.9 Å². The van der Waals surface area contributed by atoms with Gasteiger partial charge in [-0.2, -0.15) is 0 Å². The molecule has 2 heterocycles. The second kappa shape index (κ2) is 9.39. The lowest BCUT2D eigenvalue weighted by Gasteiger charge is -2.21. The molecule has 1 amide bonds. The van der Waals surface area contributed by atoms with Crippen LogP contribution in [-0.2, 0) is 17.8 Å². The van der Waals surface area contributed by atoms with E-state index in [1.807, 2.05) is 31.2 Å². The number of nitrogens with zero attached hydrogens (tertiary/aromatic N) is 4. The van der Waals surface area contributed by atoms with E-state index in [9.17, 15) is 9.59 Å². The number of rotatable bonds is 7. The van der Waals surface area contributed by atoms with Gasteiger partial charge in [0.1, 0.15) is 5.82 Å². The number of benzene rings is 1. The third-order valence-electron chi connectivity index (χ3n) is 6.32. The molecule has 31 heavy (non-hydrogen) atoms. The van der Waals surface area contributed by atoms with Gasteiger partial charge in [0, 0.05) is 37.2 Å². The maximum absolute atomic E-state index is 13.2.